The Morgan fingerprint density at radius 2 is 1.75 bits per heavy atom. The molecule has 0 radical (unpaired) electrons. The van der Waals surface area contributed by atoms with Gasteiger partial charge in [-0.15, -0.1) is 9.32 Å². The lowest BCUT2D eigenvalue weighted by Crippen LogP contribution is -2.19. The van der Waals surface area contributed by atoms with Crippen LogP contribution in [0.5, 0.6) is 11.5 Å². The third-order valence-corrected chi connectivity index (χ3v) is 4.28. The molecule has 0 bridgehead atoms. The topological polar surface area (TPSA) is 154 Å². The van der Waals surface area contributed by atoms with Crippen molar-refractivity contribution < 1.29 is 26.1 Å². The Labute approximate surface area is 164 Å². The highest BCUT2D eigenvalue weighted by Gasteiger charge is 2.19. The summed E-state index contributed by atoms with van der Waals surface area (Å²) in [6.07, 6.45) is 2.92. The number of nitrogens with zero attached hydrogens (tertiary/aromatic N) is 3. The Balaban J connectivity index is 1.98. The van der Waals surface area contributed by atoms with Crippen LogP contribution in [0.3, 0.4) is 0 Å². The quantitative estimate of drug-likeness (QED) is 0.222. The van der Waals surface area contributed by atoms with Crippen molar-refractivity contribution in [3.8, 4) is 11.5 Å². The molecule has 1 atom stereocenters. The van der Waals surface area contributed by atoms with Crippen molar-refractivity contribution >= 4 is 22.6 Å². The van der Waals surface area contributed by atoms with Gasteiger partial charge in [0.2, 0.25) is 0 Å². The molecule has 0 aliphatic rings. The zero-order valence-corrected chi connectivity index (χ0v) is 15.7. The Hall–Kier alpha value is -2.68. The first-order valence-electron chi connectivity index (χ1n) is 7.59. The lowest BCUT2D eigenvalue weighted by atomic mass is 9.98. The van der Waals surface area contributed by atoms with E-state index < -0.39 is 16.3 Å². The number of hydrogen-bond acceptors (Lipinski definition) is 10. The summed E-state index contributed by atoms with van der Waals surface area (Å²) < 4.78 is 38.5. The monoisotopic (exact) mass is 425 g/mol. The van der Waals surface area contributed by atoms with Crippen LogP contribution in [0.4, 0.5) is 0 Å². The van der Waals surface area contributed by atoms with Crippen LogP contribution in [-0.2, 0) is 19.6 Å². The second-order valence-electron chi connectivity index (χ2n) is 5.31. The van der Waals surface area contributed by atoms with Gasteiger partial charge in [0, 0.05) is 0 Å². The van der Waals surface area contributed by atoms with Crippen LogP contribution >= 0.6 is 12.3 Å². The van der Waals surface area contributed by atoms with E-state index in [9.17, 15) is 8.42 Å². The van der Waals surface area contributed by atoms with Gasteiger partial charge in [-0.05, 0) is 35.4 Å². The lowest BCUT2D eigenvalue weighted by molar-refractivity contribution is -0.199. The Morgan fingerprint density at radius 3 is 2.36 bits per heavy atom. The van der Waals surface area contributed by atoms with Crippen LogP contribution in [0.1, 0.15) is 17.2 Å². The first-order chi connectivity index (χ1) is 13.5. The summed E-state index contributed by atoms with van der Waals surface area (Å²) in [7, 11) is -4.15. The average molecular weight is 425 g/mol. The van der Waals surface area contributed by atoms with Crippen molar-refractivity contribution in [2.75, 3.05) is 0 Å². The summed E-state index contributed by atoms with van der Waals surface area (Å²) >= 11 is 0.546. The number of hydrogen-bond donors (Lipinski definition) is 2. The van der Waals surface area contributed by atoms with Crippen molar-refractivity contribution in [1.82, 2.24) is 14.8 Å². The van der Waals surface area contributed by atoms with Crippen molar-refractivity contribution in [3.63, 3.8) is 0 Å². The van der Waals surface area contributed by atoms with Crippen LogP contribution in [-0.4, -0.2) is 23.2 Å². The van der Waals surface area contributed by atoms with Crippen LogP contribution < -0.4 is 19.4 Å². The van der Waals surface area contributed by atoms with Gasteiger partial charge < -0.3 is 8.37 Å². The zero-order chi connectivity index (χ0) is 20.0. The normalized spacial score (nSPS) is 12.5. The van der Waals surface area contributed by atoms with E-state index in [4.69, 9.17) is 19.4 Å². The molecule has 3 aromatic rings. The molecule has 0 saturated carbocycles. The minimum absolute atomic E-state index is 0.0709. The molecule has 0 fully saturated rings. The van der Waals surface area contributed by atoms with Gasteiger partial charge in [0.15, 0.2) is 0 Å². The van der Waals surface area contributed by atoms with Crippen molar-refractivity contribution in [3.05, 3.63) is 72.3 Å². The Morgan fingerprint density at radius 1 is 1.07 bits per heavy atom. The average Bonchev–Trinajstić information content (AvgIpc) is 3.16. The van der Waals surface area contributed by atoms with E-state index >= 15 is 0 Å². The van der Waals surface area contributed by atoms with Gasteiger partial charge in [0.05, 0.1) is 0 Å². The standard InChI is InChI=1S/C15H15N5O6S2/c16-25-26-27-23-13-5-1-3-11(7-13)15(20-10-18-9-19-20)12-4-2-6-14(8-12)24-28(17,21)22/h1-10,15H,16H2,(H2,17,21,22). The van der Waals surface area contributed by atoms with Crippen LogP contribution in [0.25, 0.3) is 0 Å². The molecular formula is C15H15N5O6S2. The molecule has 0 amide bonds. The van der Waals surface area contributed by atoms with Crippen LogP contribution in [0.15, 0.2) is 61.2 Å². The van der Waals surface area contributed by atoms with Gasteiger partial charge >= 0.3 is 10.3 Å². The first-order valence-corrected chi connectivity index (χ1v) is 9.73. The van der Waals surface area contributed by atoms with Crippen molar-refractivity contribution in [2.45, 2.75) is 6.04 Å². The van der Waals surface area contributed by atoms with E-state index in [1.807, 2.05) is 6.07 Å². The van der Waals surface area contributed by atoms with E-state index in [2.05, 4.69) is 19.4 Å². The zero-order valence-electron chi connectivity index (χ0n) is 14.1. The van der Waals surface area contributed by atoms with E-state index in [1.165, 1.54) is 18.7 Å². The smallest absolute Gasteiger partial charge is 0.380 e. The molecule has 2 aromatic carbocycles. The van der Waals surface area contributed by atoms with E-state index in [-0.39, 0.29) is 5.75 Å². The van der Waals surface area contributed by atoms with Gasteiger partial charge in [0.1, 0.15) is 30.2 Å². The van der Waals surface area contributed by atoms with E-state index in [0.29, 0.717) is 23.6 Å². The highest BCUT2D eigenvalue weighted by atomic mass is 32.2. The predicted octanol–water partition coefficient (Wildman–Crippen LogP) is 1.26. The summed E-state index contributed by atoms with van der Waals surface area (Å²) in [5, 5.41) is 9.14. The van der Waals surface area contributed by atoms with Gasteiger partial charge in [-0.1, -0.05) is 24.3 Å². The maximum Gasteiger partial charge on any atom is 0.380 e. The Bertz CT molecular complexity index is 1020. The molecule has 28 heavy (non-hydrogen) atoms. The minimum Gasteiger partial charge on any atom is -0.399 e. The number of aromatic nitrogens is 3. The predicted molar refractivity (Wildman–Crippen MR) is 98.5 cm³/mol. The molecule has 4 N–H and O–H groups in total. The molecular weight excluding hydrogens is 410 g/mol. The molecule has 0 aliphatic heterocycles. The van der Waals surface area contributed by atoms with Crippen LogP contribution in [0, 0.1) is 0 Å². The minimum atomic E-state index is -4.15. The van der Waals surface area contributed by atoms with Crippen LogP contribution in [0.2, 0.25) is 0 Å². The highest BCUT2D eigenvalue weighted by molar-refractivity contribution is 7.90. The third kappa shape index (κ3) is 5.41. The SMILES string of the molecule is NOOSOc1cccc(C(c2cccc(OS(N)(=O)=O)c2)n2cncn2)c1. The van der Waals surface area contributed by atoms with Gasteiger partial charge in [0.25, 0.3) is 12.3 Å². The number of benzene rings is 2. The van der Waals surface area contributed by atoms with Gasteiger partial charge in [-0.2, -0.15) is 24.6 Å². The molecule has 0 aliphatic carbocycles. The fourth-order valence-corrected chi connectivity index (χ4v) is 3.14. The second kappa shape index (κ2) is 9.01. The molecule has 1 heterocycles. The van der Waals surface area contributed by atoms with Gasteiger partial charge in [-0.3, -0.25) is 0 Å². The molecule has 11 nitrogen and oxygen atoms in total. The summed E-state index contributed by atoms with van der Waals surface area (Å²) in [4.78, 5) is 7.94. The van der Waals surface area contributed by atoms with Gasteiger partial charge in [-0.25, -0.2) is 9.67 Å². The fourth-order valence-electron chi connectivity index (χ4n) is 2.52. The first kappa shape index (κ1) is 20.1. The molecule has 148 valence electrons. The molecule has 1 unspecified atom stereocenters. The Kier molecular flexibility index (Phi) is 6.45. The largest absolute Gasteiger partial charge is 0.399 e. The summed E-state index contributed by atoms with van der Waals surface area (Å²) in [6, 6.07) is 13.1. The maximum absolute atomic E-state index is 11.2. The van der Waals surface area contributed by atoms with E-state index in [1.54, 1.807) is 41.1 Å². The maximum atomic E-state index is 11.2. The molecule has 0 saturated heterocycles. The number of nitrogens with two attached hydrogens (primary N) is 2. The van der Waals surface area contributed by atoms with Crippen molar-refractivity contribution in [1.29, 1.82) is 0 Å². The molecule has 13 heteroatoms. The van der Waals surface area contributed by atoms with E-state index in [0.717, 1.165) is 5.56 Å². The summed E-state index contributed by atoms with van der Waals surface area (Å²) in [6.45, 7) is 0. The highest BCUT2D eigenvalue weighted by Crippen LogP contribution is 2.31. The van der Waals surface area contributed by atoms with Crippen molar-refractivity contribution in [2.24, 2.45) is 11.0 Å². The molecule has 3 rings (SSSR count). The summed E-state index contributed by atoms with van der Waals surface area (Å²) in [5.74, 6) is 5.29. The number of rotatable bonds is 9. The molecule has 0 spiro atoms. The third-order valence-electron chi connectivity index (χ3n) is 3.46. The lowest BCUT2D eigenvalue weighted by Gasteiger charge is -2.19. The molecule has 1 aromatic heterocycles. The second-order valence-corrected chi connectivity index (χ2v) is 6.91. The summed E-state index contributed by atoms with van der Waals surface area (Å²) in [5.41, 5.74) is 1.45. The fraction of sp³-hybridized carbons (Fsp3) is 0.0667.